The minimum Gasteiger partial charge on any atom is -0.449 e. The normalized spacial score (nSPS) is 16.1. The maximum Gasteiger partial charge on any atom is 0.407 e. The number of carbonyl (C=O) groups excluding carboxylic acids is 2. The van der Waals surface area contributed by atoms with Gasteiger partial charge in [0.25, 0.3) is 0 Å². The van der Waals surface area contributed by atoms with E-state index in [1.54, 1.807) is 18.2 Å². The Labute approximate surface area is 184 Å². The lowest BCUT2D eigenvalue weighted by molar-refractivity contribution is -0.133. The maximum absolute atomic E-state index is 12.2. The Morgan fingerprint density at radius 3 is 2.38 bits per heavy atom. The Morgan fingerprint density at radius 1 is 0.969 bits per heavy atom. The predicted octanol–water partition coefficient (Wildman–Crippen LogP) is 3.65. The van der Waals surface area contributed by atoms with Crippen molar-refractivity contribution < 1.29 is 28.9 Å². The number of rotatable bonds is 5. The highest BCUT2D eigenvalue weighted by molar-refractivity contribution is 5.81. The highest BCUT2D eigenvalue weighted by atomic mass is 16.6. The second-order valence-electron chi connectivity index (χ2n) is 7.65. The highest BCUT2D eigenvalue weighted by Gasteiger charge is 2.29. The van der Waals surface area contributed by atoms with Crippen LogP contribution in [-0.4, -0.2) is 30.3 Å². The standard InChI is InChI=1S/C25H21NO6/c27-22(32-21-11-5-6-15-13-30-24(28)23(15)21)12-26-25(29)31-14-20-18-9-3-1-7-16(18)17-8-2-4-10-19(17)20/h1-11,20,24,28H,12-14H2,(H,26,29). The van der Waals surface area contributed by atoms with E-state index in [4.69, 9.17) is 14.2 Å². The Bertz CT molecular complexity index is 1150. The van der Waals surface area contributed by atoms with Crippen LogP contribution in [0.1, 0.15) is 34.5 Å². The number of nitrogens with one attached hydrogen (secondary N) is 1. The molecule has 0 radical (unpaired) electrons. The minimum atomic E-state index is -1.14. The SMILES string of the molecule is O=C(CNC(=O)OCC1c2ccccc2-c2ccccc21)Oc1cccc2c1C(O)OC2. The molecule has 0 saturated carbocycles. The van der Waals surface area contributed by atoms with Crippen LogP contribution < -0.4 is 10.1 Å². The molecular formula is C25H21NO6. The molecule has 7 heteroatoms. The molecule has 1 atom stereocenters. The molecule has 162 valence electrons. The highest BCUT2D eigenvalue weighted by Crippen LogP contribution is 2.44. The number of fused-ring (bicyclic) bond motifs is 4. The van der Waals surface area contributed by atoms with Gasteiger partial charge in [0.05, 0.1) is 12.2 Å². The van der Waals surface area contributed by atoms with Crippen molar-refractivity contribution in [2.45, 2.75) is 18.8 Å². The monoisotopic (exact) mass is 431 g/mol. The van der Waals surface area contributed by atoms with Crippen molar-refractivity contribution in [2.75, 3.05) is 13.2 Å². The third-order valence-corrected chi connectivity index (χ3v) is 5.74. The second kappa shape index (κ2) is 8.45. The minimum absolute atomic E-state index is 0.0616. The van der Waals surface area contributed by atoms with E-state index in [0.29, 0.717) is 5.56 Å². The zero-order chi connectivity index (χ0) is 22.1. The summed E-state index contributed by atoms with van der Waals surface area (Å²) in [5.41, 5.74) is 5.69. The number of esters is 1. The molecule has 7 nitrogen and oxygen atoms in total. The number of ether oxygens (including phenoxy) is 3. The predicted molar refractivity (Wildman–Crippen MR) is 115 cm³/mol. The van der Waals surface area contributed by atoms with Gasteiger partial charge in [-0.05, 0) is 33.9 Å². The Hall–Kier alpha value is -3.68. The van der Waals surface area contributed by atoms with E-state index in [2.05, 4.69) is 17.4 Å². The summed E-state index contributed by atoms with van der Waals surface area (Å²) in [6.45, 7) is 0.0435. The van der Waals surface area contributed by atoms with E-state index in [9.17, 15) is 14.7 Å². The van der Waals surface area contributed by atoms with Crippen LogP contribution in [0.3, 0.4) is 0 Å². The fraction of sp³-hybridized carbons (Fsp3) is 0.200. The number of carbonyl (C=O) groups is 2. The van der Waals surface area contributed by atoms with Gasteiger partial charge in [0.15, 0.2) is 6.29 Å². The van der Waals surface area contributed by atoms with Gasteiger partial charge in [0.2, 0.25) is 0 Å². The van der Waals surface area contributed by atoms with Gasteiger partial charge in [-0.15, -0.1) is 0 Å². The van der Waals surface area contributed by atoms with Gasteiger partial charge in [-0.2, -0.15) is 0 Å². The van der Waals surface area contributed by atoms with E-state index in [1.165, 1.54) is 0 Å². The average molecular weight is 431 g/mol. The van der Waals surface area contributed by atoms with Crippen molar-refractivity contribution in [3.8, 4) is 16.9 Å². The van der Waals surface area contributed by atoms with Crippen molar-refractivity contribution in [1.82, 2.24) is 5.32 Å². The first-order valence-electron chi connectivity index (χ1n) is 10.3. The molecule has 1 unspecified atom stereocenters. The number of alkyl carbamates (subject to hydrolysis) is 1. The van der Waals surface area contributed by atoms with Crippen molar-refractivity contribution in [2.24, 2.45) is 0 Å². The first kappa shape index (κ1) is 20.2. The van der Waals surface area contributed by atoms with E-state index >= 15 is 0 Å². The summed E-state index contributed by atoms with van der Waals surface area (Å²) in [4.78, 5) is 24.4. The van der Waals surface area contributed by atoms with Crippen molar-refractivity contribution >= 4 is 12.1 Å². The van der Waals surface area contributed by atoms with Crippen LogP contribution >= 0.6 is 0 Å². The van der Waals surface area contributed by atoms with Crippen molar-refractivity contribution in [3.63, 3.8) is 0 Å². The van der Waals surface area contributed by atoms with E-state index in [1.807, 2.05) is 36.4 Å². The van der Waals surface area contributed by atoms with E-state index in [-0.39, 0.29) is 31.4 Å². The fourth-order valence-corrected chi connectivity index (χ4v) is 4.29. The second-order valence-corrected chi connectivity index (χ2v) is 7.65. The average Bonchev–Trinajstić information content (AvgIpc) is 3.35. The molecule has 3 aromatic rings. The number of aliphatic hydroxyl groups excluding tert-OH is 1. The third-order valence-electron chi connectivity index (χ3n) is 5.74. The molecule has 32 heavy (non-hydrogen) atoms. The van der Waals surface area contributed by atoms with Crippen molar-refractivity contribution in [3.05, 3.63) is 89.0 Å². The Kier molecular flexibility index (Phi) is 5.34. The molecule has 1 aliphatic carbocycles. The molecule has 0 spiro atoms. The fourth-order valence-electron chi connectivity index (χ4n) is 4.29. The first-order valence-corrected chi connectivity index (χ1v) is 10.3. The van der Waals surface area contributed by atoms with Gasteiger partial charge in [-0.25, -0.2) is 9.59 Å². The largest absolute Gasteiger partial charge is 0.449 e. The molecule has 0 fully saturated rings. The van der Waals surface area contributed by atoms with Gasteiger partial charge in [-0.3, -0.25) is 0 Å². The number of hydrogen-bond donors (Lipinski definition) is 2. The molecular weight excluding hydrogens is 410 g/mol. The van der Waals surface area contributed by atoms with Gasteiger partial charge in [0.1, 0.15) is 18.9 Å². The van der Waals surface area contributed by atoms with Gasteiger partial charge in [0, 0.05) is 5.92 Å². The summed E-state index contributed by atoms with van der Waals surface area (Å²) in [7, 11) is 0. The van der Waals surface area contributed by atoms with Gasteiger partial charge < -0.3 is 24.6 Å². The summed E-state index contributed by atoms with van der Waals surface area (Å²) >= 11 is 0. The third kappa shape index (κ3) is 3.72. The van der Waals surface area contributed by atoms with E-state index < -0.39 is 18.4 Å². The molecule has 0 bridgehead atoms. The summed E-state index contributed by atoms with van der Waals surface area (Å²) in [5.74, 6) is -0.522. The van der Waals surface area contributed by atoms with Crippen molar-refractivity contribution in [1.29, 1.82) is 0 Å². The zero-order valence-corrected chi connectivity index (χ0v) is 17.1. The molecule has 2 aliphatic rings. The summed E-state index contributed by atoms with van der Waals surface area (Å²) < 4.78 is 15.9. The van der Waals surface area contributed by atoms with Crippen LogP contribution in [0, 0.1) is 0 Å². The Balaban J connectivity index is 1.17. The van der Waals surface area contributed by atoms with E-state index in [0.717, 1.165) is 27.8 Å². The Morgan fingerprint density at radius 2 is 1.66 bits per heavy atom. The topological polar surface area (TPSA) is 94.1 Å². The molecule has 0 aromatic heterocycles. The number of aliphatic hydroxyl groups is 1. The number of amides is 1. The maximum atomic E-state index is 12.2. The van der Waals surface area contributed by atoms with Crippen LogP contribution in [0.15, 0.2) is 66.7 Å². The molecule has 1 amide bonds. The van der Waals surface area contributed by atoms with Gasteiger partial charge in [-0.1, -0.05) is 60.7 Å². The van der Waals surface area contributed by atoms with Crippen LogP contribution in [0.4, 0.5) is 4.79 Å². The molecule has 3 aromatic carbocycles. The lowest BCUT2D eigenvalue weighted by atomic mass is 9.98. The zero-order valence-electron chi connectivity index (χ0n) is 17.1. The van der Waals surface area contributed by atoms with Crippen LogP contribution in [0.2, 0.25) is 0 Å². The lowest BCUT2D eigenvalue weighted by Gasteiger charge is -2.15. The molecule has 0 saturated heterocycles. The van der Waals surface area contributed by atoms with Crippen LogP contribution in [0.5, 0.6) is 5.75 Å². The quantitative estimate of drug-likeness (QED) is 0.473. The summed E-state index contributed by atoms with van der Waals surface area (Å²) in [5, 5.41) is 12.3. The first-order chi connectivity index (χ1) is 15.6. The molecule has 5 rings (SSSR count). The number of benzene rings is 3. The van der Waals surface area contributed by atoms with Crippen LogP contribution in [0.25, 0.3) is 11.1 Å². The summed E-state index contributed by atoms with van der Waals surface area (Å²) in [6.07, 6.45) is -1.84. The smallest absolute Gasteiger partial charge is 0.407 e. The lowest BCUT2D eigenvalue weighted by Crippen LogP contribution is -2.33. The molecule has 1 aliphatic heterocycles. The van der Waals surface area contributed by atoms with Gasteiger partial charge >= 0.3 is 12.1 Å². The molecule has 2 N–H and O–H groups in total. The number of hydrogen-bond acceptors (Lipinski definition) is 6. The summed E-state index contributed by atoms with van der Waals surface area (Å²) in [6, 6.07) is 21.2. The molecule has 1 heterocycles. The van der Waals surface area contributed by atoms with Crippen LogP contribution in [-0.2, 0) is 20.9 Å².